The molecule has 0 aliphatic carbocycles. The molecular weight excluding hydrogens is 498 g/mol. The summed E-state index contributed by atoms with van der Waals surface area (Å²) in [7, 11) is 3.16. The summed E-state index contributed by atoms with van der Waals surface area (Å²) in [5.41, 5.74) is 2.58. The van der Waals surface area contributed by atoms with Gasteiger partial charge in [0.2, 0.25) is 11.8 Å². The molecular formula is C29H31N5O5. The number of anilines is 1. The van der Waals surface area contributed by atoms with E-state index in [0.29, 0.717) is 41.4 Å². The van der Waals surface area contributed by atoms with Crippen LogP contribution < -0.4 is 19.7 Å². The van der Waals surface area contributed by atoms with Crippen LogP contribution in [0.1, 0.15) is 24.4 Å². The predicted molar refractivity (Wildman–Crippen MR) is 146 cm³/mol. The predicted octanol–water partition coefficient (Wildman–Crippen LogP) is 3.52. The number of benzene rings is 3. The van der Waals surface area contributed by atoms with E-state index in [2.05, 4.69) is 15.6 Å². The van der Waals surface area contributed by atoms with Gasteiger partial charge in [-0.05, 0) is 66.9 Å². The molecule has 1 aromatic heterocycles. The average Bonchev–Trinajstić information content (AvgIpc) is 3.65. The van der Waals surface area contributed by atoms with Gasteiger partial charge in [0.15, 0.2) is 0 Å². The molecule has 39 heavy (non-hydrogen) atoms. The van der Waals surface area contributed by atoms with Gasteiger partial charge < -0.3 is 19.5 Å². The Morgan fingerprint density at radius 1 is 1.03 bits per heavy atom. The first-order valence-electron chi connectivity index (χ1n) is 12.8. The molecule has 10 nitrogen and oxygen atoms in total. The second-order valence-corrected chi connectivity index (χ2v) is 9.25. The van der Waals surface area contributed by atoms with Crippen LogP contribution in [0.25, 0.3) is 11.0 Å². The number of amides is 2. The van der Waals surface area contributed by atoms with E-state index < -0.39 is 6.04 Å². The standard InChI is InChI=1S/C29H31N5O5/c1-37-22-13-9-20(10-14-22)28(29(36)30-18-24-6-5-17-39-24)34(21-11-15-23(38-2)16-12-21)27(35)19-33-26-8-4-3-7-25(26)31-32-33/h3-4,7-16,24,28H,5-6,17-19H2,1-2H3,(H,30,36)/t24-,28-/m1/s1. The minimum absolute atomic E-state index is 0.0443. The topological polar surface area (TPSA) is 108 Å². The largest absolute Gasteiger partial charge is 0.497 e. The zero-order valence-electron chi connectivity index (χ0n) is 21.9. The number of rotatable bonds is 10. The molecule has 0 spiro atoms. The average molecular weight is 530 g/mol. The number of fused-ring (bicyclic) bond motifs is 1. The number of nitrogens with one attached hydrogen (secondary N) is 1. The first-order valence-corrected chi connectivity index (χ1v) is 12.8. The summed E-state index contributed by atoms with van der Waals surface area (Å²) in [4.78, 5) is 29.5. The van der Waals surface area contributed by atoms with Crippen molar-refractivity contribution in [3.8, 4) is 11.5 Å². The molecule has 0 unspecified atom stereocenters. The van der Waals surface area contributed by atoms with Crippen LogP contribution in [0.5, 0.6) is 11.5 Å². The minimum Gasteiger partial charge on any atom is -0.497 e. The lowest BCUT2D eigenvalue weighted by Gasteiger charge is -2.32. The van der Waals surface area contributed by atoms with E-state index in [1.807, 2.05) is 24.3 Å². The van der Waals surface area contributed by atoms with Gasteiger partial charge in [0, 0.05) is 18.8 Å². The van der Waals surface area contributed by atoms with Crippen LogP contribution in [-0.4, -0.2) is 60.3 Å². The number of ether oxygens (including phenoxy) is 3. The van der Waals surface area contributed by atoms with E-state index in [0.717, 1.165) is 18.4 Å². The van der Waals surface area contributed by atoms with Crippen LogP contribution in [0.4, 0.5) is 5.69 Å². The molecule has 0 radical (unpaired) electrons. The van der Waals surface area contributed by atoms with Gasteiger partial charge in [-0.25, -0.2) is 4.68 Å². The van der Waals surface area contributed by atoms with Crippen LogP contribution in [0, 0.1) is 0 Å². The fourth-order valence-electron chi connectivity index (χ4n) is 4.74. The lowest BCUT2D eigenvalue weighted by Crippen LogP contribution is -2.46. The first-order chi connectivity index (χ1) is 19.1. The Bertz CT molecular complexity index is 1410. The highest BCUT2D eigenvalue weighted by Gasteiger charge is 2.34. The number of para-hydroxylation sites is 1. The fourth-order valence-corrected chi connectivity index (χ4v) is 4.74. The highest BCUT2D eigenvalue weighted by molar-refractivity contribution is 6.01. The maximum absolute atomic E-state index is 14.1. The number of hydrogen-bond donors (Lipinski definition) is 1. The summed E-state index contributed by atoms with van der Waals surface area (Å²) in [6.45, 7) is 0.937. The lowest BCUT2D eigenvalue weighted by atomic mass is 10.0. The number of aromatic nitrogens is 3. The third-order valence-corrected chi connectivity index (χ3v) is 6.79. The van der Waals surface area contributed by atoms with Gasteiger partial charge in [0.1, 0.15) is 29.6 Å². The van der Waals surface area contributed by atoms with Gasteiger partial charge in [-0.1, -0.05) is 29.5 Å². The normalized spacial score (nSPS) is 15.6. The van der Waals surface area contributed by atoms with Gasteiger partial charge in [0.25, 0.3) is 0 Å². The Balaban J connectivity index is 1.53. The molecule has 1 fully saturated rings. The summed E-state index contributed by atoms with van der Waals surface area (Å²) in [5, 5.41) is 11.4. The molecule has 2 atom stereocenters. The molecule has 202 valence electrons. The summed E-state index contributed by atoms with van der Waals surface area (Å²) in [6, 6.07) is 20.7. The van der Waals surface area contributed by atoms with Gasteiger partial charge in [-0.2, -0.15) is 0 Å². The van der Waals surface area contributed by atoms with Crippen molar-refractivity contribution >= 4 is 28.5 Å². The first kappa shape index (κ1) is 26.2. The zero-order chi connectivity index (χ0) is 27.2. The molecule has 0 saturated carbocycles. The fraction of sp³-hybridized carbons (Fsp3) is 0.310. The molecule has 4 aromatic rings. The number of nitrogens with zero attached hydrogens (tertiary/aromatic N) is 4. The van der Waals surface area contributed by atoms with Crippen LogP contribution in [-0.2, 0) is 20.9 Å². The van der Waals surface area contributed by atoms with Crippen molar-refractivity contribution in [3.05, 3.63) is 78.4 Å². The lowest BCUT2D eigenvalue weighted by molar-refractivity contribution is -0.127. The summed E-state index contributed by atoms with van der Waals surface area (Å²) < 4.78 is 17.9. The van der Waals surface area contributed by atoms with Crippen molar-refractivity contribution in [2.24, 2.45) is 0 Å². The maximum Gasteiger partial charge on any atom is 0.249 e. The summed E-state index contributed by atoms with van der Waals surface area (Å²) in [6.07, 6.45) is 1.80. The third kappa shape index (κ3) is 5.85. The van der Waals surface area contributed by atoms with E-state index in [4.69, 9.17) is 14.2 Å². The molecule has 1 aliphatic rings. The van der Waals surface area contributed by atoms with Crippen LogP contribution >= 0.6 is 0 Å². The molecule has 3 aromatic carbocycles. The van der Waals surface area contributed by atoms with Crippen molar-refractivity contribution in [3.63, 3.8) is 0 Å². The maximum atomic E-state index is 14.1. The number of carbonyl (C=O) groups excluding carboxylic acids is 2. The minimum atomic E-state index is -0.965. The Labute approximate surface area is 226 Å². The van der Waals surface area contributed by atoms with Crippen LogP contribution in [0.3, 0.4) is 0 Å². The Morgan fingerprint density at radius 3 is 2.38 bits per heavy atom. The van der Waals surface area contributed by atoms with Crippen LogP contribution in [0.2, 0.25) is 0 Å². The van der Waals surface area contributed by atoms with E-state index in [1.165, 1.54) is 4.90 Å². The number of hydrogen-bond acceptors (Lipinski definition) is 7. The smallest absolute Gasteiger partial charge is 0.249 e. The van der Waals surface area contributed by atoms with Crippen LogP contribution in [0.15, 0.2) is 72.8 Å². The molecule has 2 amide bonds. The molecule has 1 N–H and O–H groups in total. The van der Waals surface area contributed by atoms with Gasteiger partial charge >= 0.3 is 0 Å². The third-order valence-electron chi connectivity index (χ3n) is 6.79. The molecule has 1 saturated heterocycles. The second kappa shape index (κ2) is 12.0. The SMILES string of the molecule is COc1ccc([C@H](C(=O)NC[C@H]2CCCO2)N(C(=O)Cn2nnc3ccccc32)c2ccc(OC)cc2)cc1. The molecule has 0 bridgehead atoms. The quantitative estimate of drug-likeness (QED) is 0.335. The highest BCUT2D eigenvalue weighted by atomic mass is 16.5. The Kier molecular flexibility index (Phi) is 8.02. The van der Waals surface area contributed by atoms with Crippen molar-refractivity contribution in [2.75, 3.05) is 32.3 Å². The van der Waals surface area contributed by atoms with Crippen molar-refractivity contribution < 1.29 is 23.8 Å². The van der Waals surface area contributed by atoms with Crippen molar-refractivity contribution in [2.45, 2.75) is 31.5 Å². The molecule has 2 heterocycles. The summed E-state index contributed by atoms with van der Waals surface area (Å²) >= 11 is 0. The number of carbonyl (C=O) groups is 2. The Morgan fingerprint density at radius 2 is 1.72 bits per heavy atom. The monoisotopic (exact) mass is 529 g/mol. The van der Waals surface area contributed by atoms with Gasteiger partial charge in [-0.3, -0.25) is 14.5 Å². The molecule has 1 aliphatic heterocycles. The van der Waals surface area contributed by atoms with Crippen molar-refractivity contribution in [1.82, 2.24) is 20.3 Å². The molecule has 5 rings (SSSR count). The number of methoxy groups -OCH3 is 2. The van der Waals surface area contributed by atoms with E-state index >= 15 is 0 Å². The zero-order valence-corrected chi connectivity index (χ0v) is 21.9. The highest BCUT2D eigenvalue weighted by Crippen LogP contribution is 2.31. The molecule has 10 heteroatoms. The van der Waals surface area contributed by atoms with E-state index in [-0.39, 0.29) is 24.5 Å². The van der Waals surface area contributed by atoms with Gasteiger partial charge in [0.05, 0.1) is 25.8 Å². The second-order valence-electron chi connectivity index (χ2n) is 9.25. The van der Waals surface area contributed by atoms with E-state index in [1.54, 1.807) is 67.4 Å². The summed E-state index contributed by atoms with van der Waals surface area (Å²) in [5.74, 6) is 0.637. The van der Waals surface area contributed by atoms with E-state index in [9.17, 15) is 9.59 Å². The van der Waals surface area contributed by atoms with Gasteiger partial charge in [-0.15, -0.1) is 5.10 Å². The Hall–Kier alpha value is -4.44. The van der Waals surface area contributed by atoms with Crippen molar-refractivity contribution in [1.29, 1.82) is 0 Å².